The lowest BCUT2D eigenvalue weighted by Crippen LogP contribution is -2.44. The van der Waals surface area contributed by atoms with Crippen molar-refractivity contribution in [2.75, 3.05) is 19.6 Å². The van der Waals surface area contributed by atoms with Gasteiger partial charge in [0.25, 0.3) is 0 Å². The van der Waals surface area contributed by atoms with Crippen LogP contribution in [0.25, 0.3) is 0 Å². The Bertz CT molecular complexity index is 245. The SMILES string of the molecule is CC1(CNC(=O)OC(C)(C)C)CCNCC1.Cl. The molecule has 1 amide bonds. The molecule has 0 aliphatic carbocycles. The maximum Gasteiger partial charge on any atom is 0.407 e. The minimum Gasteiger partial charge on any atom is -0.444 e. The van der Waals surface area contributed by atoms with E-state index >= 15 is 0 Å². The molecule has 1 aliphatic heterocycles. The zero-order valence-corrected chi connectivity index (χ0v) is 12.1. The van der Waals surface area contributed by atoms with E-state index in [1.54, 1.807) is 0 Å². The van der Waals surface area contributed by atoms with E-state index in [4.69, 9.17) is 4.74 Å². The largest absolute Gasteiger partial charge is 0.444 e. The predicted molar refractivity (Wildman–Crippen MR) is 71.7 cm³/mol. The molecule has 0 aromatic carbocycles. The first-order valence-corrected chi connectivity index (χ1v) is 5.98. The lowest BCUT2D eigenvalue weighted by Gasteiger charge is -2.34. The van der Waals surface area contributed by atoms with Gasteiger partial charge in [-0.2, -0.15) is 0 Å². The van der Waals surface area contributed by atoms with Crippen molar-refractivity contribution < 1.29 is 9.53 Å². The summed E-state index contributed by atoms with van der Waals surface area (Å²) in [6.07, 6.45) is 1.89. The smallest absolute Gasteiger partial charge is 0.407 e. The third kappa shape index (κ3) is 6.74. The first kappa shape index (κ1) is 16.5. The molecule has 0 atom stereocenters. The van der Waals surface area contributed by atoms with E-state index in [-0.39, 0.29) is 23.9 Å². The lowest BCUT2D eigenvalue weighted by atomic mass is 9.81. The minimum atomic E-state index is -0.418. The van der Waals surface area contributed by atoms with E-state index < -0.39 is 5.60 Å². The number of alkyl carbamates (subject to hydrolysis) is 1. The summed E-state index contributed by atoms with van der Waals surface area (Å²) in [5.74, 6) is 0. The summed E-state index contributed by atoms with van der Waals surface area (Å²) in [5, 5.41) is 6.18. The molecule has 1 aliphatic rings. The second-order valence-electron chi connectivity index (χ2n) is 5.92. The van der Waals surface area contributed by atoms with Crippen LogP contribution in [0.5, 0.6) is 0 Å². The topological polar surface area (TPSA) is 50.4 Å². The monoisotopic (exact) mass is 264 g/mol. The Morgan fingerprint density at radius 1 is 1.35 bits per heavy atom. The van der Waals surface area contributed by atoms with Gasteiger partial charge in [-0.3, -0.25) is 0 Å². The first-order valence-electron chi connectivity index (χ1n) is 5.98. The highest BCUT2D eigenvalue weighted by atomic mass is 35.5. The normalized spacial score (nSPS) is 19.1. The van der Waals surface area contributed by atoms with Crippen molar-refractivity contribution >= 4 is 18.5 Å². The fraction of sp³-hybridized carbons (Fsp3) is 0.917. The summed E-state index contributed by atoms with van der Waals surface area (Å²) in [4.78, 5) is 11.5. The predicted octanol–water partition coefficient (Wildman–Crippen LogP) is 2.32. The second kappa shape index (κ2) is 6.45. The van der Waals surface area contributed by atoms with Crippen molar-refractivity contribution in [3.63, 3.8) is 0 Å². The van der Waals surface area contributed by atoms with Gasteiger partial charge in [-0.05, 0) is 52.1 Å². The van der Waals surface area contributed by atoms with Crippen LogP contribution in [0.3, 0.4) is 0 Å². The molecule has 0 spiro atoms. The van der Waals surface area contributed by atoms with Gasteiger partial charge in [0.1, 0.15) is 5.60 Å². The molecule has 1 fully saturated rings. The molecular formula is C12H25ClN2O2. The zero-order chi connectivity index (χ0) is 12.2. The minimum absolute atomic E-state index is 0. The number of ether oxygens (including phenoxy) is 1. The molecular weight excluding hydrogens is 240 g/mol. The number of rotatable bonds is 2. The third-order valence-corrected chi connectivity index (χ3v) is 2.87. The van der Waals surface area contributed by atoms with E-state index in [0.717, 1.165) is 25.9 Å². The zero-order valence-electron chi connectivity index (χ0n) is 11.3. The fourth-order valence-electron chi connectivity index (χ4n) is 1.81. The third-order valence-electron chi connectivity index (χ3n) is 2.87. The summed E-state index contributed by atoms with van der Waals surface area (Å²) in [6, 6.07) is 0. The molecule has 2 N–H and O–H groups in total. The highest BCUT2D eigenvalue weighted by Gasteiger charge is 2.27. The summed E-state index contributed by atoms with van der Waals surface area (Å²) in [6.45, 7) is 10.6. The van der Waals surface area contributed by atoms with Gasteiger partial charge in [0.05, 0.1) is 0 Å². The number of hydrogen-bond acceptors (Lipinski definition) is 3. The molecule has 0 aromatic rings. The molecule has 0 radical (unpaired) electrons. The van der Waals surface area contributed by atoms with Crippen LogP contribution in [0.2, 0.25) is 0 Å². The van der Waals surface area contributed by atoms with E-state index in [9.17, 15) is 4.79 Å². The van der Waals surface area contributed by atoms with Crippen LogP contribution in [0.1, 0.15) is 40.5 Å². The molecule has 4 nitrogen and oxygen atoms in total. The quantitative estimate of drug-likeness (QED) is 0.805. The average molecular weight is 265 g/mol. The van der Waals surface area contributed by atoms with Crippen molar-refractivity contribution in [2.45, 2.75) is 46.1 Å². The van der Waals surface area contributed by atoms with Gasteiger partial charge in [0.2, 0.25) is 0 Å². The molecule has 0 aromatic heterocycles. The molecule has 17 heavy (non-hydrogen) atoms. The summed E-state index contributed by atoms with van der Waals surface area (Å²) in [7, 11) is 0. The van der Waals surface area contributed by atoms with Gasteiger partial charge in [-0.15, -0.1) is 12.4 Å². The van der Waals surface area contributed by atoms with Crippen LogP contribution >= 0.6 is 12.4 Å². The number of nitrogens with one attached hydrogen (secondary N) is 2. The Kier molecular flexibility index (Phi) is 6.27. The van der Waals surface area contributed by atoms with E-state index in [1.807, 2.05) is 20.8 Å². The van der Waals surface area contributed by atoms with Crippen molar-refractivity contribution in [2.24, 2.45) is 5.41 Å². The highest BCUT2D eigenvalue weighted by molar-refractivity contribution is 5.85. The van der Waals surface area contributed by atoms with E-state index in [1.165, 1.54) is 0 Å². The summed E-state index contributed by atoms with van der Waals surface area (Å²) >= 11 is 0. The standard InChI is InChI=1S/C12H24N2O2.ClH/c1-11(2,3)16-10(15)14-9-12(4)5-7-13-8-6-12;/h13H,5-9H2,1-4H3,(H,14,15);1H. The molecule has 1 rings (SSSR count). The van der Waals surface area contributed by atoms with Crippen LogP contribution in [0, 0.1) is 5.41 Å². The number of amides is 1. The first-order chi connectivity index (χ1) is 7.31. The van der Waals surface area contributed by atoms with Gasteiger partial charge in [-0.25, -0.2) is 4.79 Å². The molecule has 0 bridgehead atoms. The Labute approximate surface area is 110 Å². The van der Waals surface area contributed by atoms with Crippen molar-refractivity contribution in [1.29, 1.82) is 0 Å². The van der Waals surface area contributed by atoms with Gasteiger partial charge in [-0.1, -0.05) is 6.92 Å². The molecule has 102 valence electrons. The van der Waals surface area contributed by atoms with Gasteiger partial charge < -0.3 is 15.4 Å². The molecule has 1 saturated heterocycles. The molecule has 1 heterocycles. The average Bonchev–Trinajstić information content (AvgIpc) is 2.14. The van der Waals surface area contributed by atoms with Crippen LogP contribution in [0.4, 0.5) is 4.79 Å². The van der Waals surface area contributed by atoms with Gasteiger partial charge in [0.15, 0.2) is 0 Å². The van der Waals surface area contributed by atoms with E-state index in [0.29, 0.717) is 6.54 Å². The van der Waals surface area contributed by atoms with Gasteiger partial charge in [0, 0.05) is 6.54 Å². The fourth-order valence-corrected chi connectivity index (χ4v) is 1.81. The maximum absolute atomic E-state index is 11.5. The Balaban J connectivity index is 0.00000256. The number of halogens is 1. The van der Waals surface area contributed by atoms with Crippen LogP contribution in [-0.2, 0) is 4.74 Å². The Morgan fingerprint density at radius 2 is 1.88 bits per heavy atom. The van der Waals surface area contributed by atoms with Crippen LogP contribution < -0.4 is 10.6 Å². The summed E-state index contributed by atoms with van der Waals surface area (Å²) in [5.41, 5.74) is -0.207. The highest BCUT2D eigenvalue weighted by Crippen LogP contribution is 2.26. The summed E-state index contributed by atoms with van der Waals surface area (Å²) < 4.78 is 5.21. The number of hydrogen-bond donors (Lipinski definition) is 2. The number of carbonyl (C=O) groups is 1. The van der Waals surface area contributed by atoms with Crippen molar-refractivity contribution in [1.82, 2.24) is 10.6 Å². The van der Waals surface area contributed by atoms with Crippen LogP contribution in [0.15, 0.2) is 0 Å². The van der Waals surface area contributed by atoms with Gasteiger partial charge >= 0.3 is 6.09 Å². The molecule has 0 unspecified atom stereocenters. The number of carbonyl (C=O) groups excluding carboxylic acids is 1. The second-order valence-corrected chi connectivity index (χ2v) is 5.92. The Morgan fingerprint density at radius 3 is 2.35 bits per heavy atom. The lowest BCUT2D eigenvalue weighted by molar-refractivity contribution is 0.0493. The van der Waals surface area contributed by atoms with Crippen molar-refractivity contribution in [3.05, 3.63) is 0 Å². The molecule has 0 saturated carbocycles. The van der Waals surface area contributed by atoms with Crippen molar-refractivity contribution in [3.8, 4) is 0 Å². The van der Waals surface area contributed by atoms with E-state index in [2.05, 4.69) is 17.6 Å². The molecule has 5 heteroatoms. The number of piperidine rings is 1. The Hall–Kier alpha value is -0.480. The van der Waals surface area contributed by atoms with Crippen LogP contribution in [-0.4, -0.2) is 31.3 Å². The maximum atomic E-state index is 11.5.